The van der Waals surface area contributed by atoms with Crippen LogP contribution < -0.4 is 0 Å². The summed E-state index contributed by atoms with van der Waals surface area (Å²) < 4.78 is 15.8. The van der Waals surface area contributed by atoms with Crippen LogP contribution in [0.15, 0.2) is 48.5 Å². The predicted octanol–water partition coefficient (Wildman–Crippen LogP) is 13.2. The monoisotopic (exact) mass is 608 g/mol. The lowest BCUT2D eigenvalue weighted by Gasteiger charge is -2.46. The minimum Gasteiger partial charge on any atom is -0.407 e. The fraction of sp³-hybridized carbons (Fsp3) is 0.684. The normalized spacial score (nSPS) is 16.8. The highest BCUT2D eigenvalue weighted by Crippen LogP contribution is 2.52. The first-order chi connectivity index (χ1) is 20.5. The van der Waals surface area contributed by atoms with Gasteiger partial charge in [-0.1, -0.05) is 167 Å². The molecular formula is C38H64O2Si2. The lowest BCUT2D eigenvalue weighted by Crippen LogP contribution is -2.45. The van der Waals surface area contributed by atoms with Crippen molar-refractivity contribution in [3.63, 3.8) is 0 Å². The van der Waals surface area contributed by atoms with E-state index in [1.807, 2.05) is 0 Å². The average molecular weight is 609 g/mol. The molecule has 0 saturated heterocycles. The van der Waals surface area contributed by atoms with E-state index in [1.54, 1.807) is 0 Å². The highest BCUT2D eigenvalue weighted by Gasteiger charge is 2.46. The summed E-state index contributed by atoms with van der Waals surface area (Å²) >= 11 is 0. The molecule has 0 heterocycles. The Morgan fingerprint density at radius 1 is 0.429 bits per heavy atom. The second kappa shape index (κ2) is 18.6. The van der Waals surface area contributed by atoms with E-state index < -0.39 is 16.6 Å². The fourth-order valence-electron chi connectivity index (χ4n) is 7.19. The van der Waals surface area contributed by atoms with Crippen LogP contribution in [-0.2, 0) is 8.85 Å². The molecule has 42 heavy (non-hydrogen) atoms. The zero-order chi connectivity index (χ0) is 30.3. The van der Waals surface area contributed by atoms with Gasteiger partial charge in [-0.15, -0.1) is 0 Å². The molecule has 0 aromatic heterocycles. The zero-order valence-electron chi connectivity index (χ0n) is 28.3. The molecule has 1 aliphatic carbocycles. The van der Waals surface area contributed by atoms with Gasteiger partial charge in [0, 0.05) is 0 Å². The van der Waals surface area contributed by atoms with Gasteiger partial charge in [-0.05, 0) is 58.5 Å². The van der Waals surface area contributed by atoms with Gasteiger partial charge in [-0.25, -0.2) is 0 Å². The lowest BCUT2D eigenvalue weighted by atomic mass is 9.82. The molecule has 0 bridgehead atoms. The summed E-state index contributed by atoms with van der Waals surface area (Å²) in [5.74, 6) is 0. The highest BCUT2D eigenvalue weighted by atomic mass is 28.4. The van der Waals surface area contributed by atoms with E-state index in [0.29, 0.717) is 0 Å². The third kappa shape index (κ3) is 9.40. The van der Waals surface area contributed by atoms with Crippen molar-refractivity contribution in [2.45, 2.75) is 167 Å². The molecule has 0 radical (unpaired) electrons. The van der Waals surface area contributed by atoms with Gasteiger partial charge in [0.15, 0.2) is 16.6 Å². The molecule has 1 aliphatic rings. The zero-order valence-corrected chi connectivity index (χ0v) is 30.3. The minimum absolute atomic E-state index is 0.00471. The molecule has 0 unspecified atom stereocenters. The molecule has 0 saturated carbocycles. The van der Waals surface area contributed by atoms with Crippen LogP contribution in [0.25, 0.3) is 11.1 Å². The number of benzene rings is 2. The first-order valence-electron chi connectivity index (χ1n) is 18.1. The predicted molar refractivity (Wildman–Crippen MR) is 189 cm³/mol. The third-order valence-corrected chi connectivity index (χ3v) is 18.9. The van der Waals surface area contributed by atoms with E-state index in [9.17, 15) is 0 Å². The summed E-state index contributed by atoms with van der Waals surface area (Å²) in [5, 5.41) is 0. The van der Waals surface area contributed by atoms with Crippen molar-refractivity contribution < 1.29 is 8.85 Å². The van der Waals surface area contributed by atoms with Crippen molar-refractivity contribution in [3.05, 3.63) is 59.7 Å². The summed E-state index contributed by atoms with van der Waals surface area (Å²) in [6.07, 6.45) is 15.3. The summed E-state index contributed by atoms with van der Waals surface area (Å²) in [6.45, 7) is 14.1. The Labute approximate surface area is 262 Å². The molecular weight excluding hydrogens is 545 g/mol. The van der Waals surface area contributed by atoms with E-state index >= 15 is 0 Å². The summed E-state index contributed by atoms with van der Waals surface area (Å²) in [7, 11) is -3.99. The van der Waals surface area contributed by atoms with Crippen molar-refractivity contribution in [1.82, 2.24) is 0 Å². The van der Waals surface area contributed by atoms with Crippen LogP contribution in [0.3, 0.4) is 0 Å². The first-order valence-corrected chi connectivity index (χ1v) is 23.1. The Morgan fingerprint density at radius 3 is 0.952 bits per heavy atom. The van der Waals surface area contributed by atoms with Gasteiger partial charge in [-0.3, -0.25) is 0 Å². The Hall–Kier alpha value is -1.21. The molecule has 0 amide bonds. The Balaban J connectivity index is 2.18. The van der Waals surface area contributed by atoms with Crippen LogP contribution in [0.5, 0.6) is 0 Å². The Morgan fingerprint density at radius 2 is 0.690 bits per heavy atom. The summed E-state index contributed by atoms with van der Waals surface area (Å²) in [6, 6.07) is 26.1. The van der Waals surface area contributed by atoms with Crippen molar-refractivity contribution in [3.8, 4) is 11.1 Å². The second-order valence-corrected chi connectivity index (χ2v) is 21.4. The molecule has 0 fully saturated rings. The number of fused-ring (bicyclic) bond motifs is 3. The van der Waals surface area contributed by atoms with Gasteiger partial charge in [0.1, 0.15) is 12.2 Å². The average Bonchev–Trinajstić information content (AvgIpc) is 3.03. The third-order valence-electron chi connectivity index (χ3n) is 9.77. The standard InChI is InChI=1S/C38H64O2Si2/c1-7-13-27-41(28-14-8-2,29-15-9-3)39-37-35-25-21-19-23-33(35)34-24-20-22-26-36(34)38(37)40-42(30-16-10-4,31-17-11-5)32-18-12-6/h19-26,37-38H,7-18,27-32H2,1-6H3/t37-,38-/m1/s1. The topological polar surface area (TPSA) is 18.5 Å². The van der Waals surface area contributed by atoms with Gasteiger partial charge in [-0.2, -0.15) is 0 Å². The summed E-state index contributed by atoms with van der Waals surface area (Å²) in [4.78, 5) is 0. The van der Waals surface area contributed by atoms with Crippen molar-refractivity contribution in [1.29, 1.82) is 0 Å². The van der Waals surface area contributed by atoms with Crippen LogP contribution in [0.1, 0.15) is 142 Å². The maximum absolute atomic E-state index is 7.88. The second-order valence-electron chi connectivity index (χ2n) is 13.2. The Bertz CT molecular complexity index is 897. The van der Waals surface area contributed by atoms with Crippen LogP contribution in [0.2, 0.25) is 36.3 Å². The van der Waals surface area contributed by atoms with Gasteiger partial charge in [0.05, 0.1) is 0 Å². The van der Waals surface area contributed by atoms with E-state index in [2.05, 4.69) is 90.1 Å². The van der Waals surface area contributed by atoms with Crippen LogP contribution in [0, 0.1) is 0 Å². The SMILES string of the molecule is CCCC[Si](CCCC)(CCCC)O[C@@H]1c2ccccc2-c2ccccc2[C@H]1O[Si](CCCC)(CCCC)CCCC. The van der Waals surface area contributed by atoms with Crippen LogP contribution in [-0.4, -0.2) is 16.6 Å². The molecule has 236 valence electrons. The van der Waals surface area contributed by atoms with Crippen LogP contribution in [0.4, 0.5) is 0 Å². The van der Waals surface area contributed by atoms with Crippen molar-refractivity contribution in [2.75, 3.05) is 0 Å². The largest absolute Gasteiger partial charge is 0.407 e. The minimum atomic E-state index is -1.99. The number of unbranched alkanes of at least 4 members (excludes halogenated alkanes) is 6. The number of rotatable bonds is 22. The molecule has 3 rings (SSSR count). The van der Waals surface area contributed by atoms with E-state index in [4.69, 9.17) is 8.85 Å². The Kier molecular flexibility index (Phi) is 15.6. The number of hydrogen-bond acceptors (Lipinski definition) is 2. The van der Waals surface area contributed by atoms with Crippen LogP contribution >= 0.6 is 0 Å². The van der Waals surface area contributed by atoms with Crippen molar-refractivity contribution >= 4 is 16.6 Å². The first kappa shape index (κ1) is 35.3. The molecule has 2 aromatic carbocycles. The van der Waals surface area contributed by atoms with Crippen molar-refractivity contribution in [2.24, 2.45) is 0 Å². The fourth-order valence-corrected chi connectivity index (χ4v) is 17.0. The van der Waals surface area contributed by atoms with E-state index in [1.165, 1.54) is 136 Å². The molecule has 2 nitrogen and oxygen atoms in total. The summed E-state index contributed by atoms with van der Waals surface area (Å²) in [5.41, 5.74) is 5.49. The molecule has 0 N–H and O–H groups in total. The van der Waals surface area contributed by atoms with Gasteiger partial charge >= 0.3 is 0 Å². The van der Waals surface area contributed by atoms with Gasteiger partial charge < -0.3 is 8.85 Å². The molecule has 2 atom stereocenters. The molecule has 0 spiro atoms. The molecule has 0 aliphatic heterocycles. The van der Waals surface area contributed by atoms with E-state index in [0.717, 1.165) is 0 Å². The molecule has 4 heteroatoms. The maximum atomic E-state index is 7.88. The lowest BCUT2D eigenvalue weighted by molar-refractivity contribution is 0.0334. The quantitative estimate of drug-likeness (QED) is 0.124. The van der Waals surface area contributed by atoms with E-state index in [-0.39, 0.29) is 12.2 Å². The van der Waals surface area contributed by atoms with Gasteiger partial charge in [0.25, 0.3) is 0 Å². The maximum Gasteiger partial charge on any atom is 0.193 e. The van der Waals surface area contributed by atoms with Gasteiger partial charge in [0.2, 0.25) is 0 Å². The smallest absolute Gasteiger partial charge is 0.193 e. The number of hydrogen-bond donors (Lipinski definition) is 0. The molecule has 2 aromatic rings. The highest BCUT2D eigenvalue weighted by molar-refractivity contribution is 6.74.